The Kier molecular flexibility index (Phi) is 5.77. The van der Waals surface area contributed by atoms with Crippen LogP contribution in [-0.4, -0.2) is 38.5 Å². The first kappa shape index (κ1) is 18.5. The topological polar surface area (TPSA) is 98.2 Å². The van der Waals surface area contributed by atoms with Crippen molar-refractivity contribution in [1.82, 2.24) is 10.7 Å². The number of benzene rings is 2. The first-order valence-electron chi connectivity index (χ1n) is 7.90. The number of nitrogens with one attached hydrogen (secondary N) is 2. The Labute approximate surface area is 160 Å². The highest BCUT2D eigenvalue weighted by atomic mass is 35.5. The zero-order chi connectivity index (χ0) is 19.2. The van der Waals surface area contributed by atoms with E-state index in [4.69, 9.17) is 25.8 Å². The fourth-order valence-electron chi connectivity index (χ4n) is 2.28. The van der Waals surface area contributed by atoms with Crippen molar-refractivity contribution in [3.8, 4) is 17.2 Å². The quantitative estimate of drug-likeness (QED) is 0.581. The third kappa shape index (κ3) is 4.68. The largest absolute Gasteiger partial charge is 0.495 e. The summed E-state index contributed by atoms with van der Waals surface area (Å²) in [7, 11) is 1.51. The molecule has 140 valence electrons. The van der Waals surface area contributed by atoms with E-state index in [1.54, 1.807) is 36.4 Å². The van der Waals surface area contributed by atoms with Crippen molar-refractivity contribution in [3.05, 3.63) is 52.5 Å². The number of fused-ring (bicyclic) bond motifs is 1. The van der Waals surface area contributed by atoms with Gasteiger partial charge in [0, 0.05) is 5.56 Å². The number of halogens is 1. The Morgan fingerprint density at radius 2 is 2.04 bits per heavy atom. The van der Waals surface area contributed by atoms with Gasteiger partial charge in [-0.25, -0.2) is 5.43 Å². The maximum atomic E-state index is 12.1. The van der Waals surface area contributed by atoms with Gasteiger partial charge in [-0.05, 0) is 35.9 Å². The van der Waals surface area contributed by atoms with Crippen molar-refractivity contribution in [2.45, 2.75) is 0 Å². The Hall–Kier alpha value is -3.26. The minimum Gasteiger partial charge on any atom is -0.495 e. The van der Waals surface area contributed by atoms with E-state index in [1.807, 2.05) is 0 Å². The molecule has 2 aromatic rings. The zero-order valence-corrected chi connectivity index (χ0v) is 15.1. The number of methoxy groups -OCH3 is 1. The number of carbonyl (C=O) groups is 2. The lowest BCUT2D eigenvalue weighted by atomic mass is 10.2. The van der Waals surface area contributed by atoms with Crippen molar-refractivity contribution in [3.63, 3.8) is 0 Å². The standard InChI is InChI=1S/C18H16ClN3O5/c1-25-15-6-11(2-4-13(15)19)8-21-22-17(23)9-20-18(24)12-3-5-14-16(7-12)27-10-26-14/h2-8H,9-10H2,1H3,(H,20,24)(H,22,23)/b21-8-. The molecular formula is C18H16ClN3O5. The second-order valence-electron chi connectivity index (χ2n) is 5.44. The summed E-state index contributed by atoms with van der Waals surface area (Å²) in [6, 6.07) is 9.85. The summed E-state index contributed by atoms with van der Waals surface area (Å²) in [5.74, 6) is 0.701. The van der Waals surface area contributed by atoms with Gasteiger partial charge in [0.2, 0.25) is 6.79 Å². The van der Waals surface area contributed by atoms with Gasteiger partial charge in [-0.15, -0.1) is 0 Å². The Morgan fingerprint density at radius 1 is 1.22 bits per heavy atom. The lowest BCUT2D eigenvalue weighted by Gasteiger charge is -2.05. The maximum absolute atomic E-state index is 12.1. The van der Waals surface area contributed by atoms with Crippen LogP contribution in [0.25, 0.3) is 0 Å². The number of hydrogen-bond acceptors (Lipinski definition) is 6. The van der Waals surface area contributed by atoms with Crippen molar-refractivity contribution in [2.75, 3.05) is 20.4 Å². The van der Waals surface area contributed by atoms with E-state index >= 15 is 0 Å². The van der Waals surface area contributed by atoms with E-state index in [0.717, 1.165) is 0 Å². The van der Waals surface area contributed by atoms with Gasteiger partial charge < -0.3 is 19.5 Å². The molecule has 27 heavy (non-hydrogen) atoms. The Balaban J connectivity index is 1.49. The van der Waals surface area contributed by atoms with Gasteiger partial charge in [0.05, 0.1) is 24.9 Å². The van der Waals surface area contributed by atoms with E-state index in [2.05, 4.69) is 15.8 Å². The average Bonchev–Trinajstić information content (AvgIpc) is 3.15. The normalized spacial score (nSPS) is 12.1. The highest BCUT2D eigenvalue weighted by Crippen LogP contribution is 2.32. The lowest BCUT2D eigenvalue weighted by molar-refractivity contribution is -0.120. The second-order valence-corrected chi connectivity index (χ2v) is 5.85. The van der Waals surface area contributed by atoms with Crippen LogP contribution in [0.15, 0.2) is 41.5 Å². The van der Waals surface area contributed by atoms with Crippen LogP contribution in [0.2, 0.25) is 5.02 Å². The number of ether oxygens (including phenoxy) is 3. The molecule has 0 spiro atoms. The third-order valence-electron chi connectivity index (χ3n) is 3.62. The number of amides is 2. The van der Waals surface area contributed by atoms with Crippen molar-refractivity contribution in [1.29, 1.82) is 0 Å². The summed E-state index contributed by atoms with van der Waals surface area (Å²) in [6.07, 6.45) is 1.44. The highest BCUT2D eigenvalue weighted by Gasteiger charge is 2.16. The van der Waals surface area contributed by atoms with E-state index < -0.39 is 11.8 Å². The van der Waals surface area contributed by atoms with E-state index in [1.165, 1.54) is 13.3 Å². The van der Waals surface area contributed by atoms with E-state index in [9.17, 15) is 9.59 Å². The Morgan fingerprint density at radius 3 is 2.85 bits per heavy atom. The number of hydrogen-bond donors (Lipinski definition) is 2. The van der Waals surface area contributed by atoms with Gasteiger partial charge in [0.15, 0.2) is 11.5 Å². The van der Waals surface area contributed by atoms with Crippen LogP contribution in [0.3, 0.4) is 0 Å². The fraction of sp³-hybridized carbons (Fsp3) is 0.167. The van der Waals surface area contributed by atoms with Crippen LogP contribution in [0.1, 0.15) is 15.9 Å². The summed E-state index contributed by atoms with van der Waals surface area (Å²) < 4.78 is 15.5. The average molecular weight is 390 g/mol. The first-order chi connectivity index (χ1) is 13.1. The molecule has 1 heterocycles. The summed E-state index contributed by atoms with van der Waals surface area (Å²) in [5, 5.41) is 6.82. The summed E-state index contributed by atoms with van der Waals surface area (Å²) in [6.45, 7) is -0.102. The second kappa shape index (κ2) is 8.41. The molecule has 2 N–H and O–H groups in total. The molecule has 0 saturated carbocycles. The predicted molar refractivity (Wildman–Crippen MR) is 98.6 cm³/mol. The molecule has 9 heteroatoms. The molecule has 3 rings (SSSR count). The maximum Gasteiger partial charge on any atom is 0.259 e. The molecule has 2 amide bonds. The van der Waals surface area contributed by atoms with Crippen LogP contribution >= 0.6 is 11.6 Å². The monoisotopic (exact) mass is 389 g/mol. The SMILES string of the molecule is COc1cc(/C=N\NC(=O)CNC(=O)c2ccc3c(c2)OCO3)ccc1Cl. The number of carbonyl (C=O) groups excluding carboxylic acids is 2. The van der Waals surface area contributed by atoms with E-state index in [-0.39, 0.29) is 13.3 Å². The van der Waals surface area contributed by atoms with Gasteiger partial charge in [-0.3, -0.25) is 9.59 Å². The molecule has 0 aliphatic carbocycles. The molecule has 0 aromatic heterocycles. The molecule has 0 unspecified atom stereocenters. The van der Waals surface area contributed by atoms with E-state index in [0.29, 0.717) is 33.4 Å². The van der Waals surface area contributed by atoms with Crippen LogP contribution in [0.5, 0.6) is 17.2 Å². The first-order valence-corrected chi connectivity index (χ1v) is 8.28. The molecule has 0 bridgehead atoms. The molecule has 0 radical (unpaired) electrons. The van der Waals surface area contributed by atoms with Crippen LogP contribution in [0, 0.1) is 0 Å². The number of rotatable bonds is 6. The fourth-order valence-corrected chi connectivity index (χ4v) is 2.47. The molecule has 1 aliphatic heterocycles. The molecule has 8 nitrogen and oxygen atoms in total. The predicted octanol–water partition coefficient (Wildman–Crippen LogP) is 1.96. The van der Waals surface area contributed by atoms with Crippen LogP contribution < -0.4 is 25.0 Å². The summed E-state index contributed by atoms with van der Waals surface area (Å²) >= 11 is 5.94. The zero-order valence-electron chi connectivity index (χ0n) is 14.3. The van der Waals surface area contributed by atoms with Gasteiger partial charge in [-0.1, -0.05) is 17.7 Å². The molecule has 2 aromatic carbocycles. The molecular weight excluding hydrogens is 374 g/mol. The summed E-state index contributed by atoms with van der Waals surface area (Å²) in [5.41, 5.74) is 3.39. The van der Waals surface area contributed by atoms with Gasteiger partial charge >= 0.3 is 0 Å². The molecule has 0 fully saturated rings. The van der Waals surface area contributed by atoms with Gasteiger partial charge in [0.1, 0.15) is 5.75 Å². The molecule has 1 aliphatic rings. The highest BCUT2D eigenvalue weighted by molar-refractivity contribution is 6.32. The minimum absolute atomic E-state index is 0.125. The lowest BCUT2D eigenvalue weighted by Crippen LogP contribution is -2.34. The third-order valence-corrected chi connectivity index (χ3v) is 3.93. The number of nitrogens with zero attached hydrogens (tertiary/aromatic N) is 1. The van der Waals surface area contributed by atoms with Gasteiger partial charge in [0.25, 0.3) is 11.8 Å². The molecule has 0 saturated heterocycles. The Bertz CT molecular complexity index is 901. The summed E-state index contributed by atoms with van der Waals surface area (Å²) in [4.78, 5) is 23.9. The smallest absolute Gasteiger partial charge is 0.259 e. The van der Waals surface area contributed by atoms with Gasteiger partial charge in [-0.2, -0.15) is 5.10 Å². The van der Waals surface area contributed by atoms with Crippen molar-refractivity contribution < 1.29 is 23.8 Å². The van der Waals surface area contributed by atoms with Crippen molar-refractivity contribution in [2.24, 2.45) is 5.10 Å². The number of hydrazone groups is 1. The van der Waals surface area contributed by atoms with Crippen LogP contribution in [0.4, 0.5) is 0 Å². The minimum atomic E-state index is -0.471. The molecule has 0 atom stereocenters. The van der Waals surface area contributed by atoms with Crippen molar-refractivity contribution >= 4 is 29.6 Å². The van der Waals surface area contributed by atoms with Crippen LogP contribution in [-0.2, 0) is 4.79 Å².